The molecular formula is C15H23NO2. The topological polar surface area (TPSA) is 41.5 Å². The third kappa shape index (κ3) is 3.24. The van der Waals surface area contributed by atoms with Gasteiger partial charge in [0.1, 0.15) is 11.4 Å². The molecule has 0 aliphatic carbocycles. The van der Waals surface area contributed by atoms with E-state index in [9.17, 15) is 0 Å². The second-order valence-electron chi connectivity index (χ2n) is 5.54. The number of rotatable bonds is 5. The van der Waals surface area contributed by atoms with E-state index in [0.29, 0.717) is 6.04 Å². The molecule has 0 radical (unpaired) electrons. The van der Waals surface area contributed by atoms with E-state index in [-0.39, 0.29) is 12.2 Å². The number of benzene rings is 1. The van der Waals surface area contributed by atoms with E-state index in [0.717, 1.165) is 31.6 Å². The Morgan fingerprint density at radius 2 is 2.11 bits per heavy atom. The standard InChI is InChI=1S/C15H23NO2/c1-15(2)11-13(16-9-5-6-10-17)12-7-3-4-8-14(12)18-15/h3-4,7-8,13,16-17H,5-6,9-11H2,1-2H3. The predicted octanol–water partition coefficient (Wildman–Crippen LogP) is 2.65. The maximum Gasteiger partial charge on any atom is 0.124 e. The molecule has 0 aromatic heterocycles. The van der Waals surface area contributed by atoms with Crippen LogP contribution in [0.4, 0.5) is 0 Å². The summed E-state index contributed by atoms with van der Waals surface area (Å²) in [6.45, 7) is 5.48. The zero-order valence-corrected chi connectivity index (χ0v) is 11.3. The third-order valence-corrected chi connectivity index (χ3v) is 3.35. The van der Waals surface area contributed by atoms with Gasteiger partial charge in [-0.05, 0) is 39.3 Å². The lowest BCUT2D eigenvalue weighted by Gasteiger charge is -2.38. The predicted molar refractivity (Wildman–Crippen MR) is 72.8 cm³/mol. The largest absolute Gasteiger partial charge is 0.487 e. The minimum Gasteiger partial charge on any atom is -0.487 e. The average molecular weight is 249 g/mol. The average Bonchev–Trinajstić information content (AvgIpc) is 2.33. The van der Waals surface area contributed by atoms with Crippen LogP contribution in [-0.4, -0.2) is 23.9 Å². The molecular weight excluding hydrogens is 226 g/mol. The summed E-state index contributed by atoms with van der Waals surface area (Å²) in [7, 11) is 0. The number of ether oxygens (including phenoxy) is 1. The number of unbranched alkanes of at least 4 members (excludes halogenated alkanes) is 1. The first-order valence-electron chi connectivity index (χ1n) is 6.74. The van der Waals surface area contributed by atoms with Crippen LogP contribution in [0, 0.1) is 0 Å². The van der Waals surface area contributed by atoms with Crippen molar-refractivity contribution >= 4 is 0 Å². The van der Waals surface area contributed by atoms with Crippen molar-refractivity contribution < 1.29 is 9.84 Å². The highest BCUT2D eigenvalue weighted by Gasteiger charge is 2.32. The molecule has 1 heterocycles. The molecule has 1 aliphatic heterocycles. The minimum atomic E-state index is -0.122. The van der Waals surface area contributed by atoms with Crippen LogP contribution in [0.5, 0.6) is 5.75 Å². The van der Waals surface area contributed by atoms with Crippen LogP contribution in [-0.2, 0) is 0 Å². The number of aliphatic hydroxyl groups is 1. The fourth-order valence-electron chi connectivity index (χ4n) is 2.50. The van der Waals surface area contributed by atoms with Crippen LogP contribution in [0.3, 0.4) is 0 Å². The lowest BCUT2D eigenvalue weighted by molar-refractivity contribution is 0.0659. The van der Waals surface area contributed by atoms with Gasteiger partial charge in [-0.1, -0.05) is 18.2 Å². The van der Waals surface area contributed by atoms with Crippen LogP contribution in [0.15, 0.2) is 24.3 Å². The molecule has 1 aromatic carbocycles. The van der Waals surface area contributed by atoms with Crippen LogP contribution in [0.2, 0.25) is 0 Å². The van der Waals surface area contributed by atoms with Crippen molar-refractivity contribution in [1.29, 1.82) is 0 Å². The van der Waals surface area contributed by atoms with Gasteiger partial charge in [-0.3, -0.25) is 0 Å². The van der Waals surface area contributed by atoms with Gasteiger partial charge in [-0.2, -0.15) is 0 Å². The molecule has 3 heteroatoms. The van der Waals surface area contributed by atoms with Gasteiger partial charge in [0.25, 0.3) is 0 Å². The first kappa shape index (κ1) is 13.4. The molecule has 1 aromatic rings. The summed E-state index contributed by atoms with van der Waals surface area (Å²) in [5.41, 5.74) is 1.13. The summed E-state index contributed by atoms with van der Waals surface area (Å²) >= 11 is 0. The van der Waals surface area contributed by atoms with E-state index in [1.165, 1.54) is 5.56 Å². The molecule has 2 N–H and O–H groups in total. The molecule has 1 aliphatic rings. The first-order valence-corrected chi connectivity index (χ1v) is 6.74. The van der Waals surface area contributed by atoms with E-state index < -0.39 is 0 Å². The monoisotopic (exact) mass is 249 g/mol. The second-order valence-corrected chi connectivity index (χ2v) is 5.54. The summed E-state index contributed by atoms with van der Waals surface area (Å²) in [5.74, 6) is 0.994. The molecule has 0 saturated carbocycles. The molecule has 2 rings (SSSR count). The van der Waals surface area contributed by atoms with E-state index in [4.69, 9.17) is 9.84 Å². The SMILES string of the molecule is CC1(C)CC(NCCCCO)c2ccccc2O1. The molecule has 0 saturated heterocycles. The lowest BCUT2D eigenvalue weighted by Crippen LogP contribution is -2.39. The summed E-state index contributed by atoms with van der Waals surface area (Å²) in [6, 6.07) is 8.60. The fourth-order valence-corrected chi connectivity index (χ4v) is 2.50. The second kappa shape index (κ2) is 5.72. The van der Waals surface area contributed by atoms with Gasteiger partial charge >= 0.3 is 0 Å². The van der Waals surface area contributed by atoms with Gasteiger partial charge < -0.3 is 15.2 Å². The van der Waals surface area contributed by atoms with Crippen molar-refractivity contribution in [1.82, 2.24) is 5.32 Å². The lowest BCUT2D eigenvalue weighted by atomic mass is 9.89. The Balaban J connectivity index is 2.05. The van der Waals surface area contributed by atoms with Crippen LogP contribution < -0.4 is 10.1 Å². The van der Waals surface area contributed by atoms with Gasteiger partial charge in [0, 0.05) is 24.6 Å². The number of para-hydroxylation sites is 1. The summed E-state index contributed by atoms with van der Waals surface area (Å²) < 4.78 is 6.00. The van der Waals surface area contributed by atoms with Crippen molar-refractivity contribution in [2.45, 2.75) is 44.8 Å². The van der Waals surface area contributed by atoms with Gasteiger partial charge in [0.2, 0.25) is 0 Å². The maximum absolute atomic E-state index is 8.80. The normalized spacial score (nSPS) is 21.2. The Kier molecular flexibility index (Phi) is 4.25. The zero-order chi connectivity index (χ0) is 13.0. The van der Waals surface area contributed by atoms with E-state index in [1.807, 2.05) is 12.1 Å². The summed E-state index contributed by atoms with van der Waals surface area (Å²) in [5, 5.41) is 12.4. The number of hydrogen-bond donors (Lipinski definition) is 2. The molecule has 0 spiro atoms. The summed E-state index contributed by atoms with van der Waals surface area (Å²) in [6.07, 6.45) is 2.85. The molecule has 0 amide bonds. The Hall–Kier alpha value is -1.06. The quantitative estimate of drug-likeness (QED) is 0.788. The Morgan fingerprint density at radius 1 is 1.33 bits per heavy atom. The number of hydrogen-bond acceptors (Lipinski definition) is 3. The molecule has 100 valence electrons. The van der Waals surface area contributed by atoms with E-state index in [1.54, 1.807) is 0 Å². The molecule has 1 atom stereocenters. The summed E-state index contributed by atoms with van der Waals surface area (Å²) in [4.78, 5) is 0. The van der Waals surface area contributed by atoms with Crippen LogP contribution >= 0.6 is 0 Å². The van der Waals surface area contributed by atoms with Gasteiger partial charge in [0.05, 0.1) is 0 Å². The smallest absolute Gasteiger partial charge is 0.124 e. The highest BCUT2D eigenvalue weighted by molar-refractivity contribution is 5.38. The van der Waals surface area contributed by atoms with Crippen molar-refractivity contribution in [3.05, 3.63) is 29.8 Å². The zero-order valence-electron chi connectivity index (χ0n) is 11.3. The first-order chi connectivity index (χ1) is 8.62. The third-order valence-electron chi connectivity index (χ3n) is 3.35. The Morgan fingerprint density at radius 3 is 2.89 bits per heavy atom. The Bertz CT molecular complexity index is 390. The van der Waals surface area contributed by atoms with Gasteiger partial charge in [0.15, 0.2) is 0 Å². The van der Waals surface area contributed by atoms with Crippen molar-refractivity contribution in [3.63, 3.8) is 0 Å². The van der Waals surface area contributed by atoms with Crippen molar-refractivity contribution in [2.24, 2.45) is 0 Å². The van der Waals surface area contributed by atoms with E-state index >= 15 is 0 Å². The van der Waals surface area contributed by atoms with Crippen molar-refractivity contribution in [3.8, 4) is 5.75 Å². The minimum absolute atomic E-state index is 0.122. The molecule has 1 unspecified atom stereocenters. The van der Waals surface area contributed by atoms with Gasteiger partial charge in [-0.25, -0.2) is 0 Å². The van der Waals surface area contributed by atoms with E-state index in [2.05, 4.69) is 31.3 Å². The highest BCUT2D eigenvalue weighted by atomic mass is 16.5. The van der Waals surface area contributed by atoms with Crippen LogP contribution in [0.1, 0.15) is 44.7 Å². The number of aliphatic hydroxyl groups excluding tert-OH is 1. The van der Waals surface area contributed by atoms with Crippen LogP contribution in [0.25, 0.3) is 0 Å². The molecule has 0 fully saturated rings. The molecule has 3 nitrogen and oxygen atoms in total. The van der Waals surface area contributed by atoms with Gasteiger partial charge in [-0.15, -0.1) is 0 Å². The fraction of sp³-hybridized carbons (Fsp3) is 0.600. The highest BCUT2D eigenvalue weighted by Crippen LogP contribution is 2.39. The molecule has 18 heavy (non-hydrogen) atoms. The Labute approximate surface area is 109 Å². The maximum atomic E-state index is 8.80. The van der Waals surface area contributed by atoms with Crippen molar-refractivity contribution in [2.75, 3.05) is 13.2 Å². The molecule has 0 bridgehead atoms. The number of nitrogens with one attached hydrogen (secondary N) is 1. The number of fused-ring (bicyclic) bond motifs is 1.